The topological polar surface area (TPSA) is 127 Å². The molecule has 8 nitrogen and oxygen atoms in total. The molecule has 19 heavy (non-hydrogen) atoms. The third-order valence-corrected chi connectivity index (χ3v) is 3.98. The lowest BCUT2D eigenvalue weighted by Crippen LogP contribution is -2.25. The number of primary amides is 1. The molecule has 0 unspecified atom stereocenters. The van der Waals surface area contributed by atoms with Crippen molar-refractivity contribution in [2.75, 3.05) is 0 Å². The lowest BCUT2D eigenvalue weighted by Gasteiger charge is -2.13. The summed E-state index contributed by atoms with van der Waals surface area (Å²) >= 11 is 0. The van der Waals surface area contributed by atoms with Crippen molar-refractivity contribution in [2.45, 2.75) is 4.90 Å². The van der Waals surface area contributed by atoms with Crippen LogP contribution < -0.4 is 15.2 Å². The molecule has 3 heterocycles. The molecule has 2 aliphatic heterocycles. The zero-order valence-electron chi connectivity index (χ0n) is 9.38. The molecule has 4 N–H and O–H groups in total. The van der Waals surface area contributed by atoms with Crippen LogP contribution in [0.3, 0.4) is 0 Å². The van der Waals surface area contributed by atoms with Gasteiger partial charge in [0.1, 0.15) is 16.9 Å². The minimum atomic E-state index is -3.87. The number of ether oxygens (including phenoxy) is 1. The number of nitrogens with one attached hydrogen (secondary N) is 2. The largest absolute Gasteiger partial charge is 0.460 e. The molecule has 1 aromatic rings. The SMILES string of the molecule is NC(=O)c1[nH]cc2c1O/C=C1/C=NC=C1NS2(=O)=O. The van der Waals surface area contributed by atoms with Gasteiger partial charge in [-0.2, -0.15) is 0 Å². The fraction of sp³-hybridized carbons (Fsp3) is 0. The smallest absolute Gasteiger partial charge is 0.269 e. The number of carbonyl (C=O) groups is 1. The molecule has 9 heteroatoms. The Labute approximate surface area is 107 Å². The Hall–Kier alpha value is -2.55. The molecule has 0 fully saturated rings. The van der Waals surface area contributed by atoms with Crippen LogP contribution in [-0.2, 0) is 10.0 Å². The first-order valence-electron chi connectivity index (χ1n) is 5.13. The number of hydrogen-bond acceptors (Lipinski definition) is 5. The summed E-state index contributed by atoms with van der Waals surface area (Å²) in [5.74, 6) is -0.946. The lowest BCUT2D eigenvalue weighted by atomic mass is 10.3. The van der Waals surface area contributed by atoms with Gasteiger partial charge in [-0.1, -0.05) is 0 Å². The average molecular weight is 280 g/mol. The molecule has 1 aromatic heterocycles. The maximum absolute atomic E-state index is 12.1. The van der Waals surface area contributed by atoms with Crippen molar-refractivity contribution >= 4 is 22.1 Å². The summed E-state index contributed by atoms with van der Waals surface area (Å²) < 4.78 is 31.9. The number of aliphatic imine (C=N–C) groups is 1. The number of allylic oxidation sites excluding steroid dienone is 1. The second-order valence-corrected chi connectivity index (χ2v) is 5.49. The minimum Gasteiger partial charge on any atom is -0.460 e. The third-order valence-electron chi connectivity index (χ3n) is 2.61. The summed E-state index contributed by atoms with van der Waals surface area (Å²) in [4.78, 5) is 17.3. The van der Waals surface area contributed by atoms with E-state index in [0.29, 0.717) is 11.3 Å². The Morgan fingerprint density at radius 1 is 1.42 bits per heavy atom. The molecule has 0 spiro atoms. The predicted octanol–water partition coefficient (Wildman–Crippen LogP) is -0.406. The molecule has 1 amide bonds. The second-order valence-electron chi connectivity index (χ2n) is 3.84. The van der Waals surface area contributed by atoms with Crippen molar-refractivity contribution in [2.24, 2.45) is 10.7 Å². The van der Waals surface area contributed by atoms with E-state index in [1.165, 1.54) is 18.7 Å². The Morgan fingerprint density at radius 2 is 2.21 bits per heavy atom. The van der Waals surface area contributed by atoms with Crippen LogP contribution in [0.15, 0.2) is 39.8 Å². The molecule has 0 aliphatic carbocycles. The normalized spacial score (nSPS) is 21.7. The number of amides is 1. The Kier molecular flexibility index (Phi) is 2.26. The average Bonchev–Trinajstić information content (AvgIpc) is 2.90. The highest BCUT2D eigenvalue weighted by Gasteiger charge is 2.30. The summed E-state index contributed by atoms with van der Waals surface area (Å²) in [6, 6.07) is 0. The lowest BCUT2D eigenvalue weighted by molar-refractivity contribution is 0.0993. The maximum Gasteiger partial charge on any atom is 0.269 e. The molecule has 0 bridgehead atoms. The standard InChI is InChI=1S/C10H8N4O4S/c11-10(15)8-9-7(3-13-8)19(16,17)14-6-2-12-1-5(6)4-18-9/h1-4,13-14H,(H2,11,15)/b5-4-. The van der Waals surface area contributed by atoms with E-state index in [1.54, 1.807) is 0 Å². The summed E-state index contributed by atoms with van der Waals surface area (Å²) in [6.07, 6.45) is 5.23. The number of carbonyl (C=O) groups excluding carboxylic acids is 1. The van der Waals surface area contributed by atoms with Gasteiger partial charge in [-0.3, -0.25) is 14.5 Å². The highest BCUT2D eigenvalue weighted by atomic mass is 32.2. The van der Waals surface area contributed by atoms with Gasteiger partial charge in [0.25, 0.3) is 15.9 Å². The summed E-state index contributed by atoms with van der Waals surface area (Å²) in [5.41, 5.74) is 5.78. The number of rotatable bonds is 1. The minimum absolute atomic E-state index is 0.111. The number of nitrogens with zero attached hydrogens (tertiary/aromatic N) is 1. The zero-order valence-corrected chi connectivity index (χ0v) is 10.2. The molecule has 0 saturated heterocycles. The van der Waals surface area contributed by atoms with E-state index in [1.807, 2.05) is 0 Å². The van der Waals surface area contributed by atoms with Crippen LogP contribution in [-0.4, -0.2) is 25.5 Å². The van der Waals surface area contributed by atoms with Gasteiger partial charge in [-0.25, -0.2) is 8.42 Å². The second kappa shape index (κ2) is 3.72. The summed E-state index contributed by atoms with van der Waals surface area (Å²) in [6.45, 7) is 0. The van der Waals surface area contributed by atoms with Gasteiger partial charge in [-0.05, 0) is 0 Å². The van der Waals surface area contributed by atoms with E-state index in [4.69, 9.17) is 10.5 Å². The van der Waals surface area contributed by atoms with Gasteiger partial charge in [0.05, 0.1) is 17.5 Å². The van der Waals surface area contributed by atoms with Crippen molar-refractivity contribution in [3.63, 3.8) is 0 Å². The van der Waals surface area contributed by atoms with Crippen LogP contribution in [0.4, 0.5) is 0 Å². The van der Waals surface area contributed by atoms with Gasteiger partial charge in [0.2, 0.25) is 0 Å². The Balaban J connectivity index is 2.22. The molecule has 98 valence electrons. The number of aromatic nitrogens is 1. The van der Waals surface area contributed by atoms with Gasteiger partial charge >= 0.3 is 0 Å². The fourth-order valence-electron chi connectivity index (χ4n) is 1.73. The molecule has 0 atom stereocenters. The maximum atomic E-state index is 12.1. The van der Waals surface area contributed by atoms with Crippen molar-refractivity contribution in [1.82, 2.24) is 9.71 Å². The van der Waals surface area contributed by atoms with E-state index in [-0.39, 0.29) is 16.3 Å². The van der Waals surface area contributed by atoms with E-state index in [0.717, 1.165) is 6.20 Å². The molecule has 3 rings (SSSR count). The number of H-pyrrole nitrogens is 1. The summed E-state index contributed by atoms with van der Waals surface area (Å²) in [5, 5.41) is 0. The third kappa shape index (κ3) is 1.71. The zero-order chi connectivity index (χ0) is 13.6. The van der Waals surface area contributed by atoms with Crippen LogP contribution in [0.25, 0.3) is 0 Å². The van der Waals surface area contributed by atoms with Gasteiger partial charge in [0, 0.05) is 12.4 Å². The summed E-state index contributed by atoms with van der Waals surface area (Å²) in [7, 11) is -3.87. The fourth-order valence-corrected chi connectivity index (χ4v) is 2.91. The van der Waals surface area contributed by atoms with Crippen molar-refractivity contribution in [1.29, 1.82) is 0 Å². The van der Waals surface area contributed by atoms with Crippen LogP contribution in [0, 0.1) is 0 Å². The van der Waals surface area contributed by atoms with Crippen molar-refractivity contribution < 1.29 is 17.9 Å². The van der Waals surface area contributed by atoms with E-state index < -0.39 is 15.9 Å². The number of sulfonamides is 1. The highest BCUT2D eigenvalue weighted by molar-refractivity contribution is 7.89. The van der Waals surface area contributed by atoms with Crippen LogP contribution in [0.1, 0.15) is 10.5 Å². The van der Waals surface area contributed by atoms with E-state index in [2.05, 4.69) is 14.7 Å². The Bertz CT molecular complexity index is 769. The molecule has 0 aromatic carbocycles. The molecule has 0 radical (unpaired) electrons. The Morgan fingerprint density at radius 3 is 2.95 bits per heavy atom. The predicted molar refractivity (Wildman–Crippen MR) is 64.9 cm³/mol. The molecular formula is C10H8N4O4S. The number of aromatic amines is 1. The first-order chi connectivity index (χ1) is 8.99. The number of fused-ring (bicyclic) bond motifs is 2. The van der Waals surface area contributed by atoms with E-state index in [9.17, 15) is 13.2 Å². The van der Waals surface area contributed by atoms with Gasteiger partial charge in [0.15, 0.2) is 5.75 Å². The van der Waals surface area contributed by atoms with Crippen molar-refractivity contribution in [3.8, 4) is 5.75 Å². The monoisotopic (exact) mass is 280 g/mol. The number of hydrogen-bond donors (Lipinski definition) is 3. The van der Waals surface area contributed by atoms with E-state index >= 15 is 0 Å². The first-order valence-corrected chi connectivity index (χ1v) is 6.62. The molecule has 2 aliphatic rings. The van der Waals surface area contributed by atoms with Crippen LogP contribution >= 0.6 is 0 Å². The molecule has 0 saturated carbocycles. The first kappa shape index (κ1) is 11.5. The van der Waals surface area contributed by atoms with Crippen molar-refractivity contribution in [3.05, 3.63) is 35.6 Å². The number of nitrogens with two attached hydrogens (primary N) is 1. The molecular weight excluding hydrogens is 272 g/mol. The highest BCUT2D eigenvalue weighted by Crippen LogP contribution is 2.31. The quantitative estimate of drug-likeness (QED) is 0.646. The van der Waals surface area contributed by atoms with Gasteiger partial charge in [-0.15, -0.1) is 0 Å². The van der Waals surface area contributed by atoms with Crippen LogP contribution in [0.5, 0.6) is 5.75 Å². The van der Waals surface area contributed by atoms with Crippen LogP contribution in [0.2, 0.25) is 0 Å². The van der Waals surface area contributed by atoms with Gasteiger partial charge < -0.3 is 15.5 Å².